The van der Waals surface area contributed by atoms with Crippen molar-refractivity contribution in [1.29, 1.82) is 0 Å². The highest BCUT2D eigenvalue weighted by Gasteiger charge is 2.13. The van der Waals surface area contributed by atoms with E-state index in [0.717, 1.165) is 26.7 Å². The Balaban J connectivity index is 2.44. The Morgan fingerprint density at radius 2 is 2.00 bits per heavy atom. The van der Waals surface area contributed by atoms with Crippen molar-refractivity contribution in [3.05, 3.63) is 38.1 Å². The SMILES string of the molecule is CCC(N)c1ccc(-c2cc(OC)c(Br)cc2Br)s1. The van der Waals surface area contributed by atoms with Crippen LogP contribution in [0.3, 0.4) is 0 Å². The van der Waals surface area contributed by atoms with Gasteiger partial charge in [0.1, 0.15) is 5.75 Å². The molecule has 5 heteroatoms. The largest absolute Gasteiger partial charge is 0.496 e. The number of hydrogen-bond acceptors (Lipinski definition) is 3. The molecule has 19 heavy (non-hydrogen) atoms. The molecule has 2 N–H and O–H groups in total. The lowest BCUT2D eigenvalue weighted by Gasteiger charge is -2.08. The van der Waals surface area contributed by atoms with Gasteiger partial charge in [0.2, 0.25) is 0 Å². The van der Waals surface area contributed by atoms with E-state index in [1.165, 1.54) is 9.75 Å². The molecule has 1 aromatic heterocycles. The molecule has 0 saturated heterocycles. The first-order valence-corrected chi connectivity index (χ1v) is 8.35. The van der Waals surface area contributed by atoms with E-state index in [1.54, 1.807) is 18.4 Å². The standard InChI is InChI=1S/C14H15Br2NOS/c1-3-11(17)14-5-4-13(19-14)8-6-12(18-2)10(16)7-9(8)15/h4-7,11H,3,17H2,1-2H3. The normalized spacial score (nSPS) is 12.5. The Hall–Kier alpha value is -0.360. The summed E-state index contributed by atoms with van der Waals surface area (Å²) in [6, 6.07) is 8.38. The van der Waals surface area contributed by atoms with Crippen molar-refractivity contribution in [2.45, 2.75) is 19.4 Å². The molecule has 102 valence electrons. The zero-order valence-electron chi connectivity index (χ0n) is 10.7. The molecule has 1 unspecified atom stereocenters. The van der Waals surface area contributed by atoms with E-state index < -0.39 is 0 Å². The minimum Gasteiger partial charge on any atom is -0.496 e. The van der Waals surface area contributed by atoms with E-state index >= 15 is 0 Å². The minimum atomic E-state index is 0.120. The first-order chi connectivity index (χ1) is 9.06. The maximum Gasteiger partial charge on any atom is 0.133 e. The Morgan fingerprint density at radius 1 is 1.26 bits per heavy atom. The van der Waals surface area contributed by atoms with Gasteiger partial charge in [0.25, 0.3) is 0 Å². The molecule has 2 rings (SSSR count). The van der Waals surface area contributed by atoms with Crippen LogP contribution in [-0.2, 0) is 0 Å². The van der Waals surface area contributed by atoms with Crippen LogP contribution in [0.4, 0.5) is 0 Å². The van der Waals surface area contributed by atoms with Crippen LogP contribution in [0, 0.1) is 0 Å². The van der Waals surface area contributed by atoms with E-state index in [1.807, 2.05) is 12.1 Å². The lowest BCUT2D eigenvalue weighted by molar-refractivity contribution is 0.412. The molecule has 1 aromatic carbocycles. The van der Waals surface area contributed by atoms with Gasteiger partial charge in [-0.3, -0.25) is 0 Å². The summed E-state index contributed by atoms with van der Waals surface area (Å²) >= 11 is 8.81. The zero-order chi connectivity index (χ0) is 14.0. The second-order valence-corrected chi connectivity index (χ2v) is 7.01. The average Bonchev–Trinajstić information content (AvgIpc) is 2.87. The highest BCUT2D eigenvalue weighted by Crippen LogP contribution is 2.40. The van der Waals surface area contributed by atoms with Crippen LogP contribution in [0.1, 0.15) is 24.3 Å². The molecule has 0 spiro atoms. The fraction of sp³-hybridized carbons (Fsp3) is 0.286. The minimum absolute atomic E-state index is 0.120. The molecule has 0 radical (unpaired) electrons. The summed E-state index contributed by atoms with van der Waals surface area (Å²) in [5.74, 6) is 0.827. The van der Waals surface area contributed by atoms with Crippen LogP contribution in [0.15, 0.2) is 33.2 Å². The van der Waals surface area contributed by atoms with Crippen LogP contribution in [0.5, 0.6) is 5.75 Å². The molecule has 0 amide bonds. The molecule has 0 aliphatic carbocycles. The second-order valence-electron chi connectivity index (χ2n) is 4.18. The Kier molecular flexibility index (Phi) is 5.06. The highest BCUT2D eigenvalue weighted by molar-refractivity contribution is 9.11. The maximum absolute atomic E-state index is 6.07. The molecule has 0 aliphatic heterocycles. The molecule has 0 fully saturated rings. The number of rotatable bonds is 4. The summed E-state index contributed by atoms with van der Waals surface area (Å²) < 4.78 is 7.33. The van der Waals surface area contributed by atoms with Crippen LogP contribution in [-0.4, -0.2) is 7.11 Å². The van der Waals surface area contributed by atoms with Gasteiger partial charge in [0.05, 0.1) is 11.6 Å². The van der Waals surface area contributed by atoms with Crippen molar-refractivity contribution in [2.75, 3.05) is 7.11 Å². The van der Waals surface area contributed by atoms with Gasteiger partial charge in [-0.15, -0.1) is 11.3 Å². The van der Waals surface area contributed by atoms with Crippen LogP contribution in [0.2, 0.25) is 0 Å². The molecule has 0 saturated carbocycles. The number of hydrogen-bond donors (Lipinski definition) is 1. The molecular weight excluding hydrogens is 390 g/mol. The smallest absolute Gasteiger partial charge is 0.133 e. The van der Waals surface area contributed by atoms with Crippen LogP contribution < -0.4 is 10.5 Å². The quantitative estimate of drug-likeness (QED) is 0.744. The van der Waals surface area contributed by atoms with E-state index in [4.69, 9.17) is 10.5 Å². The Bertz CT molecular complexity index is 583. The summed E-state index contributed by atoms with van der Waals surface area (Å²) in [6.07, 6.45) is 0.949. The predicted octanol–water partition coefficient (Wildman–Crippen LogP) is 5.36. The van der Waals surface area contributed by atoms with Gasteiger partial charge in [-0.05, 0) is 46.6 Å². The Labute approximate surface area is 134 Å². The molecule has 1 heterocycles. The van der Waals surface area contributed by atoms with Gasteiger partial charge in [-0.1, -0.05) is 22.9 Å². The van der Waals surface area contributed by atoms with Crippen molar-refractivity contribution >= 4 is 43.2 Å². The summed E-state index contributed by atoms with van der Waals surface area (Å²) in [5, 5.41) is 0. The van der Waals surface area contributed by atoms with Crippen molar-refractivity contribution in [2.24, 2.45) is 5.73 Å². The zero-order valence-corrected chi connectivity index (χ0v) is 14.7. The number of nitrogens with two attached hydrogens (primary N) is 1. The molecule has 1 atom stereocenters. The van der Waals surface area contributed by atoms with Crippen molar-refractivity contribution < 1.29 is 4.74 Å². The highest BCUT2D eigenvalue weighted by atomic mass is 79.9. The number of benzene rings is 1. The van der Waals surface area contributed by atoms with Crippen molar-refractivity contribution in [3.63, 3.8) is 0 Å². The molecule has 0 aliphatic rings. The monoisotopic (exact) mass is 403 g/mol. The average molecular weight is 405 g/mol. The number of halogens is 2. The maximum atomic E-state index is 6.07. The molecular formula is C14H15Br2NOS. The third kappa shape index (κ3) is 3.21. The third-order valence-electron chi connectivity index (χ3n) is 2.94. The third-order valence-corrected chi connectivity index (χ3v) is 5.47. The molecule has 2 nitrogen and oxygen atoms in total. The predicted molar refractivity (Wildman–Crippen MR) is 88.9 cm³/mol. The van der Waals surface area contributed by atoms with Crippen LogP contribution in [0.25, 0.3) is 10.4 Å². The second kappa shape index (κ2) is 6.39. The van der Waals surface area contributed by atoms with Gasteiger partial charge in [0.15, 0.2) is 0 Å². The van der Waals surface area contributed by atoms with Gasteiger partial charge >= 0.3 is 0 Å². The van der Waals surface area contributed by atoms with E-state index in [9.17, 15) is 0 Å². The van der Waals surface area contributed by atoms with Crippen molar-refractivity contribution in [3.8, 4) is 16.2 Å². The molecule has 2 aromatic rings. The van der Waals surface area contributed by atoms with Gasteiger partial charge in [-0.25, -0.2) is 0 Å². The first kappa shape index (κ1) is 15.0. The van der Waals surface area contributed by atoms with E-state index in [0.29, 0.717) is 0 Å². The van der Waals surface area contributed by atoms with Gasteiger partial charge in [-0.2, -0.15) is 0 Å². The molecule has 0 bridgehead atoms. The number of methoxy groups -OCH3 is 1. The van der Waals surface area contributed by atoms with Crippen molar-refractivity contribution in [1.82, 2.24) is 0 Å². The summed E-state index contributed by atoms with van der Waals surface area (Å²) in [4.78, 5) is 2.41. The summed E-state index contributed by atoms with van der Waals surface area (Å²) in [7, 11) is 1.67. The fourth-order valence-electron chi connectivity index (χ4n) is 1.77. The van der Waals surface area contributed by atoms with E-state index in [2.05, 4.69) is 50.9 Å². The van der Waals surface area contributed by atoms with E-state index in [-0.39, 0.29) is 6.04 Å². The van der Waals surface area contributed by atoms with Gasteiger partial charge in [0, 0.05) is 25.8 Å². The summed E-state index contributed by atoms with van der Waals surface area (Å²) in [6.45, 7) is 2.10. The number of thiophene rings is 1. The van der Waals surface area contributed by atoms with Crippen LogP contribution >= 0.6 is 43.2 Å². The Morgan fingerprint density at radius 3 is 2.63 bits per heavy atom. The summed E-state index contributed by atoms with van der Waals surface area (Å²) in [5.41, 5.74) is 7.20. The topological polar surface area (TPSA) is 35.2 Å². The lowest BCUT2D eigenvalue weighted by atomic mass is 10.1. The fourth-order valence-corrected chi connectivity index (χ4v) is 4.40. The van der Waals surface area contributed by atoms with Gasteiger partial charge < -0.3 is 10.5 Å². The number of ether oxygens (including phenoxy) is 1. The first-order valence-electron chi connectivity index (χ1n) is 5.95. The lowest BCUT2D eigenvalue weighted by Crippen LogP contribution is -2.05.